The molecule has 0 heterocycles. The standard InChI is InChI=1S/C7H14INO2/c1-6(10)5-7(8)3-2-4-9-11/h6-7,10H,2-5H2,1H3. The Labute approximate surface area is 80.7 Å². The smallest absolute Gasteiger partial charge is 0.0811 e. The monoisotopic (exact) mass is 271 g/mol. The number of halogens is 1. The molecule has 0 bridgehead atoms. The van der Waals surface area contributed by atoms with Crippen molar-refractivity contribution in [1.82, 2.24) is 0 Å². The molecule has 0 aromatic heterocycles. The Morgan fingerprint density at radius 2 is 2.27 bits per heavy atom. The maximum absolute atomic E-state index is 9.71. The molecule has 0 fully saturated rings. The van der Waals surface area contributed by atoms with Gasteiger partial charge in [-0.25, -0.2) is 0 Å². The third-order valence-corrected chi connectivity index (χ3v) is 2.49. The van der Waals surface area contributed by atoms with Gasteiger partial charge in [-0.1, -0.05) is 27.8 Å². The number of nitrogens with zero attached hydrogens (tertiary/aromatic N) is 1. The molecule has 3 nitrogen and oxygen atoms in total. The Morgan fingerprint density at radius 3 is 2.73 bits per heavy atom. The molecule has 0 radical (unpaired) electrons. The van der Waals surface area contributed by atoms with Crippen molar-refractivity contribution in [3.8, 4) is 0 Å². The Balaban J connectivity index is 3.21. The van der Waals surface area contributed by atoms with Crippen LogP contribution >= 0.6 is 22.6 Å². The third-order valence-electron chi connectivity index (χ3n) is 1.36. The number of hydrogen-bond donors (Lipinski definition) is 1. The summed E-state index contributed by atoms with van der Waals surface area (Å²) in [5.74, 6) is 0. The lowest BCUT2D eigenvalue weighted by Crippen LogP contribution is -2.09. The molecule has 0 aliphatic carbocycles. The van der Waals surface area contributed by atoms with E-state index in [0.717, 1.165) is 19.3 Å². The summed E-state index contributed by atoms with van der Waals surface area (Å²) in [6, 6.07) is 0. The van der Waals surface area contributed by atoms with Crippen LogP contribution in [0.25, 0.3) is 0 Å². The Bertz CT molecular complexity index is 109. The molecule has 0 aromatic rings. The van der Waals surface area contributed by atoms with E-state index in [0.29, 0.717) is 10.5 Å². The first-order valence-corrected chi connectivity index (χ1v) is 5.02. The first-order chi connectivity index (χ1) is 5.16. The van der Waals surface area contributed by atoms with Crippen LogP contribution in [0.1, 0.15) is 26.2 Å². The highest BCUT2D eigenvalue weighted by Crippen LogP contribution is 2.14. The molecule has 0 spiro atoms. The fraction of sp³-hybridized carbons (Fsp3) is 1.00. The first-order valence-electron chi connectivity index (χ1n) is 3.78. The van der Waals surface area contributed by atoms with Gasteiger partial charge in [0, 0.05) is 3.92 Å². The Morgan fingerprint density at radius 1 is 1.64 bits per heavy atom. The normalized spacial score (nSPS) is 15.9. The summed E-state index contributed by atoms with van der Waals surface area (Å²) in [5, 5.41) is 11.8. The van der Waals surface area contributed by atoms with Crippen LogP contribution < -0.4 is 0 Å². The zero-order valence-corrected chi connectivity index (χ0v) is 8.82. The van der Waals surface area contributed by atoms with Gasteiger partial charge in [0.25, 0.3) is 0 Å². The van der Waals surface area contributed by atoms with E-state index in [1.807, 2.05) is 0 Å². The van der Waals surface area contributed by atoms with Gasteiger partial charge in [-0.05, 0) is 26.2 Å². The van der Waals surface area contributed by atoms with Gasteiger partial charge >= 0.3 is 0 Å². The van der Waals surface area contributed by atoms with Crippen molar-refractivity contribution in [1.29, 1.82) is 0 Å². The summed E-state index contributed by atoms with van der Waals surface area (Å²) >= 11 is 2.29. The van der Waals surface area contributed by atoms with Gasteiger partial charge in [0.05, 0.1) is 12.6 Å². The van der Waals surface area contributed by atoms with Crippen LogP contribution in [0.4, 0.5) is 0 Å². The van der Waals surface area contributed by atoms with E-state index in [2.05, 4.69) is 27.8 Å². The summed E-state index contributed by atoms with van der Waals surface area (Å²) in [7, 11) is 0. The second-order valence-electron chi connectivity index (χ2n) is 2.68. The van der Waals surface area contributed by atoms with Gasteiger partial charge in [0.2, 0.25) is 0 Å². The van der Waals surface area contributed by atoms with Crippen LogP contribution in [0.5, 0.6) is 0 Å². The maximum Gasteiger partial charge on any atom is 0.0811 e. The largest absolute Gasteiger partial charge is 0.393 e. The van der Waals surface area contributed by atoms with Crippen molar-refractivity contribution in [3.63, 3.8) is 0 Å². The molecule has 0 amide bonds. The first kappa shape index (κ1) is 11.3. The predicted molar refractivity (Wildman–Crippen MR) is 54.0 cm³/mol. The van der Waals surface area contributed by atoms with Crippen molar-refractivity contribution >= 4 is 22.6 Å². The van der Waals surface area contributed by atoms with E-state index in [1.54, 1.807) is 6.92 Å². The molecule has 0 aromatic carbocycles. The lowest BCUT2D eigenvalue weighted by atomic mass is 10.1. The number of aliphatic hydroxyl groups is 1. The van der Waals surface area contributed by atoms with Crippen LogP contribution in [-0.2, 0) is 0 Å². The van der Waals surface area contributed by atoms with E-state index in [9.17, 15) is 4.91 Å². The third kappa shape index (κ3) is 8.19. The number of nitroso groups, excluding NO2 is 1. The zero-order valence-electron chi connectivity index (χ0n) is 6.66. The molecule has 1 N–H and O–H groups in total. The number of rotatable bonds is 6. The van der Waals surface area contributed by atoms with Crippen molar-refractivity contribution in [2.24, 2.45) is 5.18 Å². The predicted octanol–water partition coefficient (Wildman–Crippen LogP) is 2.11. The molecule has 4 heteroatoms. The van der Waals surface area contributed by atoms with Crippen LogP contribution in [0.3, 0.4) is 0 Å². The minimum atomic E-state index is -0.235. The van der Waals surface area contributed by atoms with Gasteiger partial charge in [-0.2, -0.15) is 4.91 Å². The molecule has 2 unspecified atom stereocenters. The molecule has 0 rings (SSSR count). The minimum absolute atomic E-state index is 0.235. The zero-order chi connectivity index (χ0) is 8.69. The number of hydrogen-bond acceptors (Lipinski definition) is 3. The van der Waals surface area contributed by atoms with Crippen LogP contribution in [0.2, 0.25) is 0 Å². The fourth-order valence-electron chi connectivity index (χ4n) is 0.865. The minimum Gasteiger partial charge on any atom is -0.393 e. The summed E-state index contributed by atoms with van der Waals surface area (Å²) < 4.78 is 0.467. The van der Waals surface area contributed by atoms with E-state index in [4.69, 9.17) is 5.11 Å². The molecule has 0 saturated heterocycles. The van der Waals surface area contributed by atoms with E-state index >= 15 is 0 Å². The van der Waals surface area contributed by atoms with E-state index in [-0.39, 0.29) is 6.10 Å². The van der Waals surface area contributed by atoms with Gasteiger partial charge in [-0.3, -0.25) is 0 Å². The topological polar surface area (TPSA) is 49.7 Å². The molecule has 2 atom stereocenters. The van der Waals surface area contributed by atoms with Crippen LogP contribution in [-0.4, -0.2) is 21.7 Å². The van der Waals surface area contributed by atoms with Crippen molar-refractivity contribution in [2.45, 2.75) is 36.2 Å². The highest BCUT2D eigenvalue weighted by molar-refractivity contribution is 14.1. The lowest BCUT2D eigenvalue weighted by molar-refractivity contribution is 0.184. The molecular formula is C7H14INO2. The number of aliphatic hydroxyl groups excluding tert-OH is 1. The summed E-state index contributed by atoms with van der Waals surface area (Å²) in [5.41, 5.74) is 0. The van der Waals surface area contributed by atoms with Gasteiger partial charge in [0.1, 0.15) is 0 Å². The summed E-state index contributed by atoms with van der Waals surface area (Å²) in [4.78, 5) is 9.71. The summed E-state index contributed by atoms with van der Waals surface area (Å²) in [6.07, 6.45) is 2.38. The highest BCUT2D eigenvalue weighted by Gasteiger charge is 2.06. The summed E-state index contributed by atoms with van der Waals surface area (Å²) in [6.45, 7) is 2.18. The van der Waals surface area contributed by atoms with E-state index in [1.165, 1.54) is 0 Å². The van der Waals surface area contributed by atoms with Crippen LogP contribution in [0.15, 0.2) is 5.18 Å². The van der Waals surface area contributed by atoms with Gasteiger partial charge in [0.15, 0.2) is 0 Å². The van der Waals surface area contributed by atoms with Crippen molar-refractivity contribution < 1.29 is 5.11 Å². The number of alkyl halides is 1. The molecule has 66 valence electrons. The molecule has 0 aliphatic heterocycles. The van der Waals surface area contributed by atoms with E-state index < -0.39 is 0 Å². The Kier molecular flexibility index (Phi) is 7.15. The van der Waals surface area contributed by atoms with Gasteiger partial charge in [-0.15, -0.1) is 0 Å². The van der Waals surface area contributed by atoms with Crippen LogP contribution in [0, 0.1) is 4.91 Å². The molecule has 0 saturated carbocycles. The average molecular weight is 271 g/mol. The Hall–Kier alpha value is 0.290. The average Bonchev–Trinajstić information content (AvgIpc) is 1.86. The SMILES string of the molecule is CC(O)CC(I)CCCN=O. The maximum atomic E-state index is 9.71. The fourth-order valence-corrected chi connectivity index (χ4v) is 2.04. The molecular weight excluding hydrogens is 257 g/mol. The second-order valence-corrected chi connectivity index (χ2v) is 4.44. The molecule has 0 aliphatic rings. The molecule has 11 heavy (non-hydrogen) atoms. The lowest BCUT2D eigenvalue weighted by Gasteiger charge is -2.09. The highest BCUT2D eigenvalue weighted by atomic mass is 127. The van der Waals surface area contributed by atoms with Gasteiger partial charge < -0.3 is 5.11 Å². The second kappa shape index (κ2) is 6.97. The quantitative estimate of drug-likeness (QED) is 0.348. The van der Waals surface area contributed by atoms with Crippen molar-refractivity contribution in [2.75, 3.05) is 6.54 Å². The van der Waals surface area contributed by atoms with Crippen molar-refractivity contribution in [3.05, 3.63) is 4.91 Å².